The van der Waals surface area contributed by atoms with Crippen LogP contribution >= 0.6 is 12.2 Å². The summed E-state index contributed by atoms with van der Waals surface area (Å²) in [6, 6.07) is 4.31. The van der Waals surface area contributed by atoms with E-state index in [0.717, 1.165) is 0 Å². The summed E-state index contributed by atoms with van der Waals surface area (Å²) in [5.74, 6) is 0.304. The second-order valence-electron chi connectivity index (χ2n) is 5.44. The number of rotatable bonds is 6. The van der Waals surface area contributed by atoms with Crippen LogP contribution in [0.2, 0.25) is 0 Å². The van der Waals surface area contributed by atoms with Crippen LogP contribution < -0.4 is 5.32 Å². The van der Waals surface area contributed by atoms with Crippen molar-refractivity contribution in [3.8, 4) is 5.69 Å². The van der Waals surface area contributed by atoms with Gasteiger partial charge in [0.15, 0.2) is 4.77 Å². The average Bonchev–Trinajstić information content (AvgIpc) is 3.27. The van der Waals surface area contributed by atoms with Gasteiger partial charge in [-0.3, -0.25) is 20.0 Å². The van der Waals surface area contributed by atoms with Gasteiger partial charge in [-0.15, -0.1) is 0 Å². The number of aromatic nitrogens is 5. The predicted molar refractivity (Wildman–Crippen MR) is 94.6 cm³/mol. The van der Waals surface area contributed by atoms with Crippen LogP contribution in [0.15, 0.2) is 36.9 Å². The number of nitrogens with zero attached hydrogens (tertiary/aromatic N) is 5. The normalized spacial score (nSPS) is 10.7. The summed E-state index contributed by atoms with van der Waals surface area (Å²) in [5, 5.41) is 20.8. The van der Waals surface area contributed by atoms with Crippen molar-refractivity contribution >= 4 is 23.8 Å². The second-order valence-corrected chi connectivity index (χ2v) is 5.83. The molecule has 11 heteroatoms. The number of benzene rings is 1. The zero-order chi connectivity index (χ0) is 18.7. The van der Waals surface area contributed by atoms with Crippen LogP contribution in [0.4, 0.5) is 5.69 Å². The molecule has 26 heavy (non-hydrogen) atoms. The molecule has 0 atom stereocenters. The number of hydrogen-bond donors (Lipinski definition) is 2. The Labute approximate surface area is 152 Å². The standard InChI is InChI=1S/C15H15N7O3S/c1-20-13(18-19-15(20)26)4-5-17-14(23)10-2-3-11(12(8-10)22(24)25)21-7-6-16-9-21/h2-3,6-9H,4-5H2,1H3,(H,17,23)(H,19,26). The summed E-state index contributed by atoms with van der Waals surface area (Å²) in [6.45, 7) is 0.323. The van der Waals surface area contributed by atoms with Gasteiger partial charge in [-0.2, -0.15) is 5.10 Å². The summed E-state index contributed by atoms with van der Waals surface area (Å²) in [6.07, 6.45) is 5.05. The lowest BCUT2D eigenvalue weighted by atomic mass is 10.1. The number of carbonyl (C=O) groups excluding carboxylic acids is 1. The van der Waals surface area contributed by atoms with E-state index in [1.165, 1.54) is 35.3 Å². The lowest BCUT2D eigenvalue weighted by molar-refractivity contribution is -0.384. The highest BCUT2D eigenvalue weighted by Gasteiger charge is 2.18. The zero-order valence-electron chi connectivity index (χ0n) is 13.7. The first kappa shape index (κ1) is 17.5. The van der Waals surface area contributed by atoms with Gasteiger partial charge in [-0.25, -0.2) is 4.98 Å². The number of hydrogen-bond acceptors (Lipinski definition) is 6. The zero-order valence-corrected chi connectivity index (χ0v) is 14.6. The molecule has 3 rings (SSSR count). The van der Waals surface area contributed by atoms with Crippen LogP contribution in [-0.2, 0) is 13.5 Å². The van der Waals surface area contributed by atoms with E-state index in [2.05, 4.69) is 20.5 Å². The second kappa shape index (κ2) is 7.27. The quantitative estimate of drug-likeness (QED) is 0.384. The molecule has 10 nitrogen and oxygen atoms in total. The van der Waals surface area contributed by atoms with Crippen LogP contribution in [-0.4, -0.2) is 41.7 Å². The highest BCUT2D eigenvalue weighted by molar-refractivity contribution is 7.71. The molecule has 1 amide bonds. The average molecular weight is 373 g/mol. The van der Waals surface area contributed by atoms with E-state index in [1.807, 2.05) is 0 Å². The van der Waals surface area contributed by atoms with Crippen LogP contribution in [0.1, 0.15) is 16.2 Å². The van der Waals surface area contributed by atoms with Gasteiger partial charge in [0.25, 0.3) is 11.6 Å². The molecule has 0 aliphatic heterocycles. The molecule has 0 radical (unpaired) electrons. The molecule has 0 saturated carbocycles. The number of aromatic amines is 1. The predicted octanol–water partition coefficient (Wildman–Crippen LogP) is 1.54. The van der Waals surface area contributed by atoms with Crippen molar-refractivity contribution in [1.29, 1.82) is 0 Å². The third kappa shape index (κ3) is 3.52. The third-order valence-electron chi connectivity index (χ3n) is 3.82. The van der Waals surface area contributed by atoms with Gasteiger partial charge < -0.3 is 14.5 Å². The Hall–Kier alpha value is -3.34. The molecule has 3 aromatic rings. The van der Waals surface area contributed by atoms with E-state index < -0.39 is 10.8 Å². The molecule has 0 fully saturated rings. The van der Waals surface area contributed by atoms with Gasteiger partial charge in [-0.1, -0.05) is 0 Å². The Morgan fingerprint density at radius 2 is 2.27 bits per heavy atom. The fourth-order valence-corrected chi connectivity index (χ4v) is 2.57. The fraction of sp³-hybridized carbons (Fsp3) is 0.200. The number of amides is 1. The van der Waals surface area contributed by atoms with Gasteiger partial charge in [0.2, 0.25) is 0 Å². The maximum Gasteiger partial charge on any atom is 0.294 e. The van der Waals surface area contributed by atoms with E-state index in [4.69, 9.17) is 12.2 Å². The molecule has 0 bridgehead atoms. The number of nitro groups is 1. The Morgan fingerprint density at radius 3 is 2.88 bits per heavy atom. The summed E-state index contributed by atoms with van der Waals surface area (Å²) in [5.41, 5.74) is 0.367. The van der Waals surface area contributed by atoms with Crippen molar-refractivity contribution in [3.05, 3.63) is 63.2 Å². The highest BCUT2D eigenvalue weighted by atomic mass is 32.1. The van der Waals surface area contributed by atoms with E-state index in [-0.39, 0.29) is 11.3 Å². The molecule has 0 aliphatic carbocycles. The molecule has 2 N–H and O–H groups in total. The number of imidazole rings is 1. The summed E-state index contributed by atoms with van der Waals surface area (Å²) >= 11 is 5.02. The molecular weight excluding hydrogens is 358 g/mol. The maximum atomic E-state index is 12.3. The number of nitro benzene ring substituents is 1. The minimum absolute atomic E-state index is 0.176. The third-order valence-corrected chi connectivity index (χ3v) is 4.19. The minimum Gasteiger partial charge on any atom is -0.352 e. The Morgan fingerprint density at radius 1 is 1.46 bits per heavy atom. The number of carbonyl (C=O) groups is 1. The lowest BCUT2D eigenvalue weighted by Crippen LogP contribution is -2.26. The van der Waals surface area contributed by atoms with E-state index in [9.17, 15) is 14.9 Å². The van der Waals surface area contributed by atoms with Crippen molar-refractivity contribution in [2.45, 2.75) is 6.42 Å². The molecule has 0 aliphatic rings. The fourth-order valence-electron chi connectivity index (χ4n) is 2.42. The van der Waals surface area contributed by atoms with Crippen LogP contribution in [0, 0.1) is 14.9 Å². The largest absolute Gasteiger partial charge is 0.352 e. The van der Waals surface area contributed by atoms with Gasteiger partial charge in [0, 0.05) is 44.0 Å². The number of nitrogens with one attached hydrogen (secondary N) is 2. The van der Waals surface area contributed by atoms with Crippen LogP contribution in [0.25, 0.3) is 5.69 Å². The van der Waals surface area contributed by atoms with Crippen molar-refractivity contribution in [1.82, 2.24) is 29.6 Å². The van der Waals surface area contributed by atoms with Crippen LogP contribution in [0.3, 0.4) is 0 Å². The van der Waals surface area contributed by atoms with Crippen molar-refractivity contribution in [2.75, 3.05) is 6.54 Å². The molecule has 2 aromatic heterocycles. The smallest absolute Gasteiger partial charge is 0.294 e. The lowest BCUT2D eigenvalue weighted by Gasteiger charge is -2.08. The molecule has 0 saturated heterocycles. The molecule has 134 valence electrons. The maximum absolute atomic E-state index is 12.3. The molecule has 0 spiro atoms. The van der Waals surface area contributed by atoms with Crippen molar-refractivity contribution in [2.24, 2.45) is 7.05 Å². The first-order valence-electron chi connectivity index (χ1n) is 7.62. The Kier molecular flexibility index (Phi) is 4.89. The van der Waals surface area contributed by atoms with Crippen LogP contribution in [0.5, 0.6) is 0 Å². The topological polar surface area (TPSA) is 124 Å². The highest BCUT2D eigenvalue weighted by Crippen LogP contribution is 2.24. The van der Waals surface area contributed by atoms with Crippen molar-refractivity contribution < 1.29 is 9.72 Å². The Balaban J connectivity index is 1.73. The summed E-state index contributed by atoms with van der Waals surface area (Å²) in [4.78, 5) is 27.0. The Bertz CT molecular complexity index is 1010. The summed E-state index contributed by atoms with van der Waals surface area (Å²) < 4.78 is 3.73. The SMILES string of the molecule is Cn1c(CCNC(=O)c2ccc(-n3ccnc3)c([N+](=O)[O-])c2)n[nH]c1=S. The molecular formula is C15H15N7O3S. The molecule has 1 aromatic carbocycles. The molecule has 2 heterocycles. The van der Waals surface area contributed by atoms with E-state index >= 15 is 0 Å². The van der Waals surface area contributed by atoms with Gasteiger partial charge in [-0.05, 0) is 24.4 Å². The first-order chi connectivity index (χ1) is 12.5. The minimum atomic E-state index is -0.527. The van der Waals surface area contributed by atoms with Gasteiger partial charge in [0.1, 0.15) is 11.5 Å². The van der Waals surface area contributed by atoms with E-state index in [1.54, 1.807) is 17.8 Å². The summed E-state index contributed by atoms with van der Waals surface area (Å²) in [7, 11) is 1.78. The molecule has 0 unspecified atom stereocenters. The van der Waals surface area contributed by atoms with Crippen molar-refractivity contribution in [3.63, 3.8) is 0 Å². The number of H-pyrrole nitrogens is 1. The first-order valence-corrected chi connectivity index (χ1v) is 8.03. The monoisotopic (exact) mass is 373 g/mol. The van der Waals surface area contributed by atoms with Gasteiger partial charge >= 0.3 is 0 Å². The van der Waals surface area contributed by atoms with Gasteiger partial charge in [0.05, 0.1) is 11.3 Å². The van der Waals surface area contributed by atoms with E-state index in [0.29, 0.717) is 29.2 Å².